The summed E-state index contributed by atoms with van der Waals surface area (Å²) in [7, 11) is 0. The molecule has 136 valence electrons. The van der Waals surface area contributed by atoms with Gasteiger partial charge in [-0.2, -0.15) is 0 Å². The predicted octanol–water partition coefficient (Wildman–Crippen LogP) is 4.64. The van der Waals surface area contributed by atoms with Crippen molar-refractivity contribution in [2.24, 2.45) is 0 Å². The summed E-state index contributed by atoms with van der Waals surface area (Å²) in [5, 5.41) is 3.39. The minimum Gasteiger partial charge on any atom is -0.354 e. The van der Waals surface area contributed by atoms with E-state index in [1.54, 1.807) is 12.4 Å². The van der Waals surface area contributed by atoms with Crippen molar-refractivity contribution in [1.82, 2.24) is 9.88 Å². The molecule has 4 rings (SSSR count). The first kappa shape index (κ1) is 17.3. The molecule has 0 spiro atoms. The third-order valence-electron chi connectivity index (χ3n) is 5.29. The van der Waals surface area contributed by atoms with E-state index in [1.807, 2.05) is 29.2 Å². The molecule has 3 aromatic rings. The highest BCUT2D eigenvalue weighted by atomic mass is 16.2. The van der Waals surface area contributed by atoms with Gasteiger partial charge in [-0.25, -0.2) is 0 Å². The zero-order valence-corrected chi connectivity index (χ0v) is 15.7. The average Bonchev–Trinajstić information content (AvgIpc) is 2.71. The van der Waals surface area contributed by atoms with E-state index >= 15 is 0 Å². The second-order valence-electron chi connectivity index (χ2n) is 7.08. The number of hydrogen-bond acceptors (Lipinski definition) is 3. The molecule has 0 saturated carbocycles. The van der Waals surface area contributed by atoms with Crippen LogP contribution < -0.4 is 5.32 Å². The summed E-state index contributed by atoms with van der Waals surface area (Å²) < 4.78 is 0. The zero-order valence-electron chi connectivity index (χ0n) is 15.7. The number of aryl methyl sites for hydroxylation is 1. The van der Waals surface area contributed by atoms with E-state index in [-0.39, 0.29) is 5.91 Å². The molecule has 1 N–H and O–H groups in total. The van der Waals surface area contributed by atoms with E-state index < -0.39 is 0 Å². The van der Waals surface area contributed by atoms with Crippen molar-refractivity contribution >= 4 is 17.3 Å². The van der Waals surface area contributed by atoms with E-state index in [9.17, 15) is 4.79 Å². The lowest BCUT2D eigenvalue weighted by molar-refractivity contribution is 0.0734. The molecule has 0 bridgehead atoms. The maximum atomic E-state index is 13.0. The van der Waals surface area contributed by atoms with Gasteiger partial charge in [0.05, 0.1) is 17.4 Å². The molecular formula is C23H23N3O. The third kappa shape index (κ3) is 3.56. The van der Waals surface area contributed by atoms with Crippen LogP contribution in [0.25, 0.3) is 0 Å². The summed E-state index contributed by atoms with van der Waals surface area (Å²) in [4.78, 5) is 19.2. The number of pyridine rings is 1. The van der Waals surface area contributed by atoms with Crippen LogP contribution in [0.1, 0.15) is 32.6 Å². The molecule has 0 radical (unpaired) electrons. The number of rotatable bonds is 3. The highest BCUT2D eigenvalue weighted by Crippen LogP contribution is 2.24. The fourth-order valence-corrected chi connectivity index (χ4v) is 3.52. The van der Waals surface area contributed by atoms with Gasteiger partial charge in [0.2, 0.25) is 0 Å². The number of aromatic nitrogens is 1. The molecule has 0 saturated heterocycles. The molecule has 1 aromatic heterocycles. The molecule has 27 heavy (non-hydrogen) atoms. The molecule has 2 heterocycles. The Morgan fingerprint density at radius 3 is 2.70 bits per heavy atom. The number of fused-ring (bicyclic) bond motifs is 1. The minimum atomic E-state index is 0.0293. The third-order valence-corrected chi connectivity index (χ3v) is 5.29. The number of hydrogen-bond donors (Lipinski definition) is 1. The van der Waals surface area contributed by atoms with Gasteiger partial charge in [0, 0.05) is 25.0 Å². The molecule has 2 aromatic carbocycles. The minimum absolute atomic E-state index is 0.0293. The van der Waals surface area contributed by atoms with Crippen LogP contribution in [0.2, 0.25) is 0 Å². The highest BCUT2D eigenvalue weighted by molar-refractivity contribution is 5.95. The summed E-state index contributed by atoms with van der Waals surface area (Å²) in [6.45, 7) is 5.58. The molecule has 4 heteroatoms. The number of carbonyl (C=O) groups excluding carboxylic acids is 1. The van der Waals surface area contributed by atoms with Gasteiger partial charge in [0.15, 0.2) is 0 Å². The summed E-state index contributed by atoms with van der Waals surface area (Å²) in [6.07, 6.45) is 4.30. The van der Waals surface area contributed by atoms with E-state index in [0.29, 0.717) is 12.1 Å². The van der Waals surface area contributed by atoms with Gasteiger partial charge < -0.3 is 10.2 Å². The lowest BCUT2D eigenvalue weighted by atomic mass is 9.99. The molecule has 0 aliphatic carbocycles. The Morgan fingerprint density at radius 1 is 1.04 bits per heavy atom. The van der Waals surface area contributed by atoms with E-state index in [1.165, 1.54) is 22.3 Å². The first-order chi connectivity index (χ1) is 13.1. The molecule has 1 amide bonds. The van der Waals surface area contributed by atoms with E-state index in [0.717, 1.165) is 24.3 Å². The van der Waals surface area contributed by atoms with Gasteiger partial charge in [-0.15, -0.1) is 0 Å². The van der Waals surface area contributed by atoms with Crippen LogP contribution in [0.15, 0.2) is 60.9 Å². The molecule has 1 aliphatic heterocycles. The Balaban J connectivity index is 1.54. The number of anilines is 2. The van der Waals surface area contributed by atoms with Gasteiger partial charge in [-0.3, -0.25) is 9.78 Å². The summed E-state index contributed by atoms with van der Waals surface area (Å²) in [5.41, 5.74) is 7.47. The van der Waals surface area contributed by atoms with Crippen LogP contribution in [0, 0.1) is 13.8 Å². The molecule has 4 nitrogen and oxygen atoms in total. The Kier molecular flexibility index (Phi) is 4.63. The van der Waals surface area contributed by atoms with Crippen molar-refractivity contribution in [2.45, 2.75) is 26.8 Å². The van der Waals surface area contributed by atoms with Gasteiger partial charge >= 0.3 is 0 Å². The quantitative estimate of drug-likeness (QED) is 0.743. The van der Waals surface area contributed by atoms with Crippen molar-refractivity contribution < 1.29 is 4.79 Å². The monoisotopic (exact) mass is 357 g/mol. The van der Waals surface area contributed by atoms with Gasteiger partial charge in [0.25, 0.3) is 5.91 Å². The standard InChI is InChI=1S/C23H23N3O/c1-16-6-5-9-22(17(16)2)25-21-12-20(13-24-14-21)23(27)26-11-10-18-7-3-4-8-19(18)15-26/h3-9,12-14,25H,10-11,15H2,1-2H3. The number of benzene rings is 2. The van der Waals surface area contributed by atoms with Gasteiger partial charge in [-0.1, -0.05) is 36.4 Å². The molecular weight excluding hydrogens is 334 g/mol. The maximum Gasteiger partial charge on any atom is 0.255 e. The van der Waals surface area contributed by atoms with Crippen molar-refractivity contribution in [3.8, 4) is 0 Å². The van der Waals surface area contributed by atoms with Crippen LogP contribution in [0.4, 0.5) is 11.4 Å². The number of amides is 1. The van der Waals surface area contributed by atoms with E-state index in [2.05, 4.69) is 48.4 Å². The van der Waals surface area contributed by atoms with Crippen LogP contribution in [0.3, 0.4) is 0 Å². The second-order valence-corrected chi connectivity index (χ2v) is 7.08. The second kappa shape index (κ2) is 7.23. The molecule has 0 unspecified atom stereocenters. The van der Waals surface area contributed by atoms with Crippen LogP contribution in [-0.2, 0) is 13.0 Å². The van der Waals surface area contributed by atoms with Gasteiger partial charge in [0.1, 0.15) is 0 Å². The average molecular weight is 357 g/mol. The SMILES string of the molecule is Cc1cccc(Nc2cncc(C(=O)N3CCc4ccccc4C3)c2)c1C. The largest absolute Gasteiger partial charge is 0.354 e. The molecule has 0 atom stereocenters. The smallest absolute Gasteiger partial charge is 0.255 e. The first-order valence-corrected chi connectivity index (χ1v) is 9.26. The normalized spacial score (nSPS) is 13.2. The fraction of sp³-hybridized carbons (Fsp3) is 0.217. The Hall–Kier alpha value is -3.14. The predicted molar refractivity (Wildman–Crippen MR) is 108 cm³/mol. The Morgan fingerprint density at radius 2 is 1.85 bits per heavy atom. The first-order valence-electron chi connectivity index (χ1n) is 9.26. The lowest BCUT2D eigenvalue weighted by Gasteiger charge is -2.29. The van der Waals surface area contributed by atoms with Crippen molar-refractivity contribution in [1.29, 1.82) is 0 Å². The van der Waals surface area contributed by atoms with Gasteiger partial charge in [-0.05, 0) is 54.7 Å². The lowest BCUT2D eigenvalue weighted by Crippen LogP contribution is -2.36. The van der Waals surface area contributed by atoms with Crippen molar-refractivity contribution in [2.75, 3.05) is 11.9 Å². The number of nitrogens with zero attached hydrogens (tertiary/aromatic N) is 2. The van der Waals surface area contributed by atoms with E-state index in [4.69, 9.17) is 0 Å². The summed E-state index contributed by atoms with van der Waals surface area (Å²) >= 11 is 0. The zero-order chi connectivity index (χ0) is 18.8. The van der Waals surface area contributed by atoms with Crippen LogP contribution in [-0.4, -0.2) is 22.3 Å². The van der Waals surface area contributed by atoms with Crippen molar-refractivity contribution in [3.05, 3.63) is 88.7 Å². The highest BCUT2D eigenvalue weighted by Gasteiger charge is 2.22. The van der Waals surface area contributed by atoms with Crippen LogP contribution >= 0.6 is 0 Å². The maximum absolute atomic E-state index is 13.0. The van der Waals surface area contributed by atoms with Crippen molar-refractivity contribution in [3.63, 3.8) is 0 Å². The number of carbonyl (C=O) groups is 1. The summed E-state index contributed by atoms with van der Waals surface area (Å²) in [6, 6.07) is 16.4. The van der Waals surface area contributed by atoms with Crippen LogP contribution in [0.5, 0.6) is 0 Å². The molecule has 1 aliphatic rings. The molecule has 0 fully saturated rings. The topological polar surface area (TPSA) is 45.2 Å². The number of nitrogens with one attached hydrogen (secondary N) is 1. The fourth-order valence-electron chi connectivity index (χ4n) is 3.52. The Labute approximate surface area is 159 Å². The Bertz CT molecular complexity index is 996. The summed E-state index contributed by atoms with van der Waals surface area (Å²) in [5.74, 6) is 0.0293.